The van der Waals surface area contributed by atoms with Crippen LogP contribution in [0.5, 0.6) is 0 Å². The molecular weight excluding hydrogens is 522 g/mol. The first-order valence-electron chi connectivity index (χ1n) is 12.3. The Balaban J connectivity index is 1.49. The van der Waals surface area contributed by atoms with Crippen molar-refractivity contribution in [3.05, 3.63) is 102 Å². The molecule has 1 aromatic heterocycles. The van der Waals surface area contributed by atoms with Crippen molar-refractivity contribution in [2.75, 3.05) is 12.3 Å². The zero-order valence-corrected chi connectivity index (χ0v) is 21.8. The lowest BCUT2D eigenvalue weighted by Crippen LogP contribution is -2.50. The van der Waals surface area contributed by atoms with Crippen LogP contribution in [0.1, 0.15) is 29.5 Å². The van der Waals surface area contributed by atoms with Gasteiger partial charge in [-0.1, -0.05) is 72.8 Å². The van der Waals surface area contributed by atoms with Gasteiger partial charge in [0.1, 0.15) is 5.52 Å². The molecule has 3 aromatic carbocycles. The van der Waals surface area contributed by atoms with Gasteiger partial charge in [-0.3, -0.25) is 0 Å². The summed E-state index contributed by atoms with van der Waals surface area (Å²) < 4.78 is 30.9. The summed E-state index contributed by atoms with van der Waals surface area (Å²) in [7, 11) is -3.70. The van der Waals surface area contributed by atoms with E-state index in [1.54, 1.807) is 54.6 Å². The summed E-state index contributed by atoms with van der Waals surface area (Å²) in [6.45, 7) is -0.569. The van der Waals surface area contributed by atoms with Crippen LogP contribution in [0.15, 0.2) is 89.3 Å². The van der Waals surface area contributed by atoms with Gasteiger partial charge in [0.25, 0.3) is 0 Å². The maximum atomic E-state index is 13.1. The molecule has 0 radical (unpaired) electrons. The van der Waals surface area contributed by atoms with Gasteiger partial charge in [0, 0.05) is 6.54 Å². The number of hydrogen-bond acceptors (Lipinski definition) is 7. The molecule has 10 nitrogen and oxygen atoms in total. The van der Waals surface area contributed by atoms with E-state index < -0.39 is 46.4 Å². The molecular formula is C28H29N3O7S. The van der Waals surface area contributed by atoms with Crippen LogP contribution in [0.25, 0.3) is 11.1 Å². The maximum Gasteiger partial charge on any atom is 0.415 e. The van der Waals surface area contributed by atoms with Crippen molar-refractivity contribution >= 4 is 33.1 Å². The highest BCUT2D eigenvalue weighted by molar-refractivity contribution is 7.90. The highest BCUT2D eigenvalue weighted by atomic mass is 32.2. The number of amides is 3. The third-order valence-electron chi connectivity index (χ3n) is 6.17. The highest BCUT2D eigenvalue weighted by Crippen LogP contribution is 2.24. The third-order valence-corrected chi connectivity index (χ3v) is 7.75. The van der Waals surface area contributed by atoms with Gasteiger partial charge >= 0.3 is 12.1 Å². The molecule has 0 aliphatic rings. The van der Waals surface area contributed by atoms with Crippen molar-refractivity contribution in [3.8, 4) is 0 Å². The maximum absolute atomic E-state index is 13.1. The van der Waals surface area contributed by atoms with Crippen LogP contribution in [0.2, 0.25) is 0 Å². The normalized spacial score (nSPS) is 13.1. The van der Waals surface area contributed by atoms with Crippen molar-refractivity contribution in [2.45, 2.75) is 30.7 Å². The van der Waals surface area contributed by atoms with Gasteiger partial charge in [-0.05, 0) is 36.1 Å². The minimum absolute atomic E-state index is 0.0260. The van der Waals surface area contributed by atoms with Gasteiger partial charge in [0.2, 0.25) is 5.89 Å². The van der Waals surface area contributed by atoms with Gasteiger partial charge in [0.05, 0.1) is 17.5 Å². The smallest absolute Gasteiger partial charge is 0.415 e. The molecule has 0 aliphatic heterocycles. The second-order valence-corrected chi connectivity index (χ2v) is 11.2. The van der Waals surface area contributed by atoms with Gasteiger partial charge < -0.3 is 19.9 Å². The number of oxazole rings is 1. The number of carbonyl (C=O) groups is 2. The van der Waals surface area contributed by atoms with E-state index in [2.05, 4.69) is 10.3 Å². The molecule has 0 saturated carbocycles. The Labute approximate surface area is 225 Å². The summed E-state index contributed by atoms with van der Waals surface area (Å²) in [5.74, 6) is -0.856. The molecule has 3 amide bonds. The number of imide groups is 1. The van der Waals surface area contributed by atoms with E-state index in [0.717, 1.165) is 5.56 Å². The van der Waals surface area contributed by atoms with E-state index >= 15 is 0 Å². The van der Waals surface area contributed by atoms with Crippen molar-refractivity contribution in [3.63, 3.8) is 0 Å². The Bertz CT molecular complexity index is 1470. The van der Waals surface area contributed by atoms with Crippen LogP contribution in [0.3, 0.4) is 0 Å². The molecule has 11 heteroatoms. The Hall–Kier alpha value is -4.22. The number of carboxylic acid groups (broad SMARTS) is 1. The van der Waals surface area contributed by atoms with E-state index in [1.807, 2.05) is 30.3 Å². The fourth-order valence-electron chi connectivity index (χ4n) is 4.12. The highest BCUT2D eigenvalue weighted by Gasteiger charge is 2.31. The molecule has 0 fully saturated rings. The van der Waals surface area contributed by atoms with Crippen LogP contribution in [-0.2, 0) is 22.0 Å². The fourth-order valence-corrected chi connectivity index (χ4v) is 5.42. The second kappa shape index (κ2) is 12.5. The predicted molar refractivity (Wildman–Crippen MR) is 145 cm³/mol. The fraction of sp³-hybridized carbons (Fsp3) is 0.250. The summed E-state index contributed by atoms with van der Waals surface area (Å²) in [4.78, 5) is 29.7. The standard InChI is InChI=1S/C28H29N3O7S/c32-25(26-29-22-13-7-8-14-24(22)38-26)23(16-15-20-9-3-1-4-10-20)30-27(33)31(28(34)35)17-18-39(36,37)19-21-11-5-2-6-12-21/h1-14,23,25,32H,15-19H2,(H,30,33)(H,34,35)/t23-,25?/m0/s1. The number of benzene rings is 3. The van der Waals surface area contributed by atoms with E-state index in [-0.39, 0.29) is 18.1 Å². The zero-order chi connectivity index (χ0) is 27.8. The summed E-state index contributed by atoms with van der Waals surface area (Å²) in [6, 6.07) is 22.8. The lowest BCUT2D eigenvalue weighted by molar-refractivity contribution is 0.0948. The zero-order valence-electron chi connectivity index (χ0n) is 21.0. The number of carbonyl (C=O) groups excluding carboxylic acids is 1. The number of fused-ring (bicyclic) bond motifs is 1. The Morgan fingerprint density at radius 3 is 2.18 bits per heavy atom. The molecule has 0 aliphatic carbocycles. The Kier molecular flexibility index (Phi) is 8.95. The topological polar surface area (TPSA) is 150 Å². The van der Waals surface area contributed by atoms with Crippen molar-refractivity contribution in [1.82, 2.24) is 15.2 Å². The molecule has 1 heterocycles. The number of para-hydroxylation sites is 2. The Morgan fingerprint density at radius 2 is 1.54 bits per heavy atom. The van der Waals surface area contributed by atoms with Gasteiger partial charge in [0.15, 0.2) is 21.5 Å². The molecule has 0 saturated heterocycles. The molecule has 4 aromatic rings. The minimum atomic E-state index is -3.70. The van der Waals surface area contributed by atoms with Crippen molar-refractivity contribution < 1.29 is 32.6 Å². The number of urea groups is 1. The monoisotopic (exact) mass is 551 g/mol. The van der Waals surface area contributed by atoms with E-state index in [1.165, 1.54) is 0 Å². The summed E-state index contributed by atoms with van der Waals surface area (Å²) >= 11 is 0. The summed E-state index contributed by atoms with van der Waals surface area (Å²) in [6.07, 6.45) is -2.31. The number of nitrogens with one attached hydrogen (secondary N) is 1. The lowest BCUT2D eigenvalue weighted by Gasteiger charge is -2.25. The van der Waals surface area contributed by atoms with Crippen LogP contribution in [0, 0.1) is 0 Å². The molecule has 4 rings (SSSR count). The summed E-state index contributed by atoms with van der Waals surface area (Å²) in [5.41, 5.74) is 2.49. The SMILES string of the molecule is O=C(O)N(CCS(=O)(=O)Cc1ccccc1)C(=O)N[C@@H](CCc1ccccc1)C(O)c1nc2ccccc2o1. The van der Waals surface area contributed by atoms with Crippen molar-refractivity contribution in [2.24, 2.45) is 0 Å². The quantitative estimate of drug-likeness (QED) is 0.251. The van der Waals surface area contributed by atoms with E-state index in [0.29, 0.717) is 28.0 Å². The summed E-state index contributed by atoms with van der Waals surface area (Å²) in [5, 5.41) is 23.4. The molecule has 3 N–H and O–H groups in total. The average Bonchev–Trinajstić information content (AvgIpc) is 3.36. The number of nitrogens with zero attached hydrogens (tertiary/aromatic N) is 2. The second-order valence-electron chi connectivity index (χ2n) is 9.06. The number of aliphatic hydroxyl groups excluding tert-OH is 1. The number of hydrogen-bond donors (Lipinski definition) is 3. The molecule has 204 valence electrons. The number of aromatic nitrogens is 1. The van der Waals surface area contributed by atoms with E-state index in [4.69, 9.17) is 4.42 Å². The number of sulfone groups is 1. The number of rotatable bonds is 11. The molecule has 0 spiro atoms. The van der Waals surface area contributed by atoms with Gasteiger partial charge in [-0.2, -0.15) is 0 Å². The van der Waals surface area contributed by atoms with Crippen LogP contribution in [-0.4, -0.2) is 59.0 Å². The van der Waals surface area contributed by atoms with Crippen LogP contribution >= 0.6 is 0 Å². The first-order chi connectivity index (χ1) is 18.7. The third kappa shape index (κ3) is 7.65. The average molecular weight is 552 g/mol. The van der Waals surface area contributed by atoms with Crippen LogP contribution < -0.4 is 5.32 Å². The molecule has 1 unspecified atom stereocenters. The van der Waals surface area contributed by atoms with E-state index in [9.17, 15) is 28.2 Å². The number of aliphatic hydroxyl groups is 1. The predicted octanol–water partition coefficient (Wildman–Crippen LogP) is 4.17. The minimum Gasteiger partial charge on any atom is -0.465 e. The first kappa shape index (κ1) is 27.8. The van der Waals surface area contributed by atoms with Gasteiger partial charge in [-0.25, -0.2) is 27.9 Å². The first-order valence-corrected chi connectivity index (χ1v) is 14.2. The molecule has 2 atom stereocenters. The van der Waals surface area contributed by atoms with Gasteiger partial charge in [-0.15, -0.1) is 0 Å². The molecule has 0 bridgehead atoms. The lowest BCUT2D eigenvalue weighted by atomic mass is 10.0. The number of aryl methyl sites for hydroxylation is 1. The molecule has 39 heavy (non-hydrogen) atoms. The van der Waals surface area contributed by atoms with Crippen molar-refractivity contribution in [1.29, 1.82) is 0 Å². The Morgan fingerprint density at radius 1 is 0.923 bits per heavy atom. The van der Waals surface area contributed by atoms with Crippen LogP contribution in [0.4, 0.5) is 9.59 Å². The largest absolute Gasteiger partial charge is 0.465 e.